The number of rotatable bonds is 6. The number of aliphatic hydroxyl groups is 4. The van der Waals surface area contributed by atoms with Gasteiger partial charge < -0.3 is 53.3 Å². The highest BCUT2D eigenvalue weighted by Crippen LogP contribution is 2.87. The van der Waals surface area contributed by atoms with Crippen LogP contribution in [0.3, 0.4) is 0 Å². The lowest BCUT2D eigenvalue weighted by atomic mass is 9.32. The summed E-state index contributed by atoms with van der Waals surface area (Å²) in [6, 6.07) is 1.56. The lowest BCUT2D eigenvalue weighted by molar-refractivity contribution is -0.450. The molecule has 15 heteroatoms. The fourth-order valence-electron chi connectivity index (χ4n) is 12.5. The SMILES string of the molecule is CC[C@@]12C[C@@H]3[C@](C)([C@@H](OC(C)=O)c4ccoc4)[C@@H](OC(C)=O)[C@@H](OC(C)=O)[C@@]4(O)[C@]3(O1)[C@H](O2)[C@@]1(O)[C@@H](O)[C@@]2(C)C[C@@]1(O)[C@]41COC(=O)C[C@@H]21. The predicted octanol–water partition coefficient (Wildman–Crippen LogP) is 0.588. The summed E-state index contributed by atoms with van der Waals surface area (Å²) in [4.78, 5) is 52.2. The first kappa shape index (κ1) is 33.1. The number of cyclic esters (lactones) is 1. The second kappa shape index (κ2) is 9.42. The van der Waals surface area contributed by atoms with Gasteiger partial charge in [-0.3, -0.25) is 19.2 Å². The van der Waals surface area contributed by atoms with Crippen LogP contribution >= 0.6 is 0 Å². The van der Waals surface area contributed by atoms with Gasteiger partial charge in [-0.2, -0.15) is 0 Å². The van der Waals surface area contributed by atoms with Gasteiger partial charge in [0.25, 0.3) is 0 Å². The normalized spacial score (nSPS) is 53.3. The molecule has 49 heavy (non-hydrogen) atoms. The van der Waals surface area contributed by atoms with Crippen LogP contribution in [0.15, 0.2) is 23.0 Å². The molecule has 15 nitrogen and oxygen atoms in total. The number of hydrogen-bond donors (Lipinski definition) is 4. The number of hydrogen-bond acceptors (Lipinski definition) is 15. The summed E-state index contributed by atoms with van der Waals surface area (Å²) >= 11 is 0. The highest BCUT2D eigenvalue weighted by Gasteiger charge is 3.03. The summed E-state index contributed by atoms with van der Waals surface area (Å²) in [6.45, 7) is 7.82. The second-order valence-electron chi connectivity index (χ2n) is 15.8. The van der Waals surface area contributed by atoms with Gasteiger partial charge in [0.15, 0.2) is 18.0 Å². The maximum Gasteiger partial charge on any atom is 0.306 e. The molecule has 8 rings (SSSR count). The minimum atomic E-state index is -2.63. The van der Waals surface area contributed by atoms with Crippen LogP contribution in [0.4, 0.5) is 0 Å². The first-order valence-corrected chi connectivity index (χ1v) is 16.7. The van der Waals surface area contributed by atoms with Crippen molar-refractivity contribution >= 4 is 23.9 Å². The van der Waals surface area contributed by atoms with Crippen LogP contribution in [0.25, 0.3) is 0 Å². The molecule has 1 aromatic rings. The predicted molar refractivity (Wildman–Crippen MR) is 157 cm³/mol. The molecule has 4 aliphatic carbocycles. The molecule has 4 bridgehead atoms. The molecule has 1 aromatic heterocycles. The first-order valence-electron chi connectivity index (χ1n) is 16.7. The van der Waals surface area contributed by atoms with Gasteiger partial charge in [0.2, 0.25) is 0 Å². The largest absolute Gasteiger partial charge is 0.472 e. The summed E-state index contributed by atoms with van der Waals surface area (Å²) in [7, 11) is 0. The minimum Gasteiger partial charge on any atom is -0.472 e. The van der Waals surface area contributed by atoms with Gasteiger partial charge in [-0.15, -0.1) is 0 Å². The van der Waals surface area contributed by atoms with Crippen molar-refractivity contribution in [1.82, 2.24) is 0 Å². The monoisotopic (exact) mass is 690 g/mol. The Bertz CT molecular complexity index is 1660. The molecule has 0 aromatic carbocycles. The van der Waals surface area contributed by atoms with Crippen molar-refractivity contribution in [3.8, 4) is 0 Å². The van der Waals surface area contributed by atoms with Crippen molar-refractivity contribution < 1.29 is 72.4 Å². The van der Waals surface area contributed by atoms with Crippen LogP contribution in [0.5, 0.6) is 0 Å². The smallest absolute Gasteiger partial charge is 0.306 e. The average molecular weight is 691 g/mol. The van der Waals surface area contributed by atoms with E-state index in [1.165, 1.54) is 19.5 Å². The number of esters is 4. The van der Waals surface area contributed by atoms with E-state index in [0.29, 0.717) is 5.56 Å². The number of furan rings is 1. The van der Waals surface area contributed by atoms with E-state index in [1.54, 1.807) is 26.8 Å². The quantitative estimate of drug-likeness (QED) is 0.237. The summed E-state index contributed by atoms with van der Waals surface area (Å²) < 4.78 is 42.9. The molecule has 4 N–H and O–H groups in total. The maximum absolute atomic E-state index is 14.1. The van der Waals surface area contributed by atoms with E-state index in [1.807, 2.05) is 0 Å². The Labute approximate surface area is 281 Å². The molecule has 0 amide bonds. The van der Waals surface area contributed by atoms with Gasteiger partial charge in [-0.1, -0.05) is 20.8 Å². The lowest BCUT2D eigenvalue weighted by Gasteiger charge is -2.77. The van der Waals surface area contributed by atoms with E-state index in [0.717, 1.165) is 13.8 Å². The molecule has 268 valence electrons. The van der Waals surface area contributed by atoms with Crippen LogP contribution in [0.2, 0.25) is 0 Å². The third-order valence-electron chi connectivity index (χ3n) is 14.0. The molecule has 2 spiro atoms. The Morgan fingerprint density at radius 1 is 1.02 bits per heavy atom. The molecule has 3 saturated heterocycles. The van der Waals surface area contributed by atoms with Crippen molar-refractivity contribution in [1.29, 1.82) is 0 Å². The number of carbonyl (C=O) groups excluding carboxylic acids is 4. The third-order valence-corrected chi connectivity index (χ3v) is 14.0. The molecule has 4 saturated carbocycles. The number of fused-ring (bicyclic) bond motifs is 4. The van der Waals surface area contributed by atoms with Gasteiger partial charge in [0, 0.05) is 50.5 Å². The standard InChI is InChI=1S/C34H42O15/c1-7-29-11-20-28(6,22(45-15(2)35)18-8-9-43-12-18)23(46-16(3)36)24(47-17(4)37)34(42)30-14-44-21(38)10-19(30)27(5)13-31(30,40)32(41,25(27)39)26(48-29)33(20,34)49-29/h8-9,12,19-20,22-26,39-42H,7,10-11,13-14H2,1-6H3/t19-,20+,22-,23-,24+,25-,26+,27-,28+,29-,30+,31+,32-,33+,34-/m0/s1. The molecule has 15 atom stereocenters. The second-order valence-corrected chi connectivity index (χ2v) is 15.8. The van der Waals surface area contributed by atoms with Crippen molar-refractivity contribution in [2.45, 2.75) is 126 Å². The molecule has 0 unspecified atom stereocenters. The van der Waals surface area contributed by atoms with Crippen molar-refractivity contribution in [2.24, 2.45) is 28.1 Å². The molecule has 4 heterocycles. The Hall–Kier alpha value is -3.08. The Morgan fingerprint density at radius 3 is 2.29 bits per heavy atom. The van der Waals surface area contributed by atoms with E-state index < -0.39 is 117 Å². The molecular weight excluding hydrogens is 648 g/mol. The lowest BCUT2D eigenvalue weighted by Crippen LogP contribution is -2.97. The van der Waals surface area contributed by atoms with E-state index in [4.69, 9.17) is 32.8 Å². The summed E-state index contributed by atoms with van der Waals surface area (Å²) in [5, 5.41) is 52.4. The average Bonchev–Trinajstić information content (AvgIpc) is 3.82. The summed E-state index contributed by atoms with van der Waals surface area (Å²) in [6.07, 6.45) is -5.95. The van der Waals surface area contributed by atoms with Gasteiger partial charge in [0.1, 0.15) is 41.2 Å². The Morgan fingerprint density at radius 2 is 1.69 bits per heavy atom. The van der Waals surface area contributed by atoms with Gasteiger partial charge in [-0.05, 0) is 24.8 Å². The van der Waals surface area contributed by atoms with Gasteiger partial charge >= 0.3 is 23.9 Å². The van der Waals surface area contributed by atoms with E-state index in [9.17, 15) is 39.6 Å². The van der Waals surface area contributed by atoms with Gasteiger partial charge in [-0.25, -0.2) is 0 Å². The molecular formula is C34H42O15. The van der Waals surface area contributed by atoms with Crippen LogP contribution in [0, 0.1) is 28.1 Å². The topological polar surface area (TPSA) is 218 Å². The maximum atomic E-state index is 14.1. The molecule has 7 aliphatic rings. The number of ether oxygens (including phenoxy) is 6. The van der Waals surface area contributed by atoms with Gasteiger partial charge in [0.05, 0.1) is 29.5 Å². The number of aliphatic hydroxyl groups excluding tert-OH is 1. The van der Waals surface area contributed by atoms with E-state index in [2.05, 4.69) is 0 Å². The van der Waals surface area contributed by atoms with E-state index in [-0.39, 0.29) is 25.7 Å². The fraction of sp³-hybridized carbons (Fsp3) is 0.765. The van der Waals surface area contributed by atoms with Crippen LogP contribution < -0.4 is 0 Å². The zero-order valence-electron chi connectivity index (χ0n) is 28.1. The van der Waals surface area contributed by atoms with Crippen LogP contribution in [-0.2, 0) is 47.6 Å². The first-order chi connectivity index (χ1) is 22.8. The summed E-state index contributed by atoms with van der Waals surface area (Å²) in [5.74, 6) is -6.78. The zero-order chi connectivity index (χ0) is 35.5. The van der Waals surface area contributed by atoms with Crippen molar-refractivity contribution in [2.75, 3.05) is 6.61 Å². The number of carbonyl (C=O) groups is 4. The molecule has 3 aliphatic heterocycles. The zero-order valence-corrected chi connectivity index (χ0v) is 28.1. The Kier molecular flexibility index (Phi) is 6.36. The Balaban J connectivity index is 1.51. The highest BCUT2D eigenvalue weighted by atomic mass is 16.8. The third kappa shape index (κ3) is 3.20. The van der Waals surface area contributed by atoms with Crippen LogP contribution in [0.1, 0.15) is 78.9 Å². The van der Waals surface area contributed by atoms with Crippen molar-refractivity contribution in [3.63, 3.8) is 0 Å². The fourth-order valence-corrected chi connectivity index (χ4v) is 12.5. The van der Waals surface area contributed by atoms with Crippen molar-refractivity contribution in [3.05, 3.63) is 24.2 Å². The molecule has 7 fully saturated rings. The molecule has 0 radical (unpaired) electrons. The summed E-state index contributed by atoms with van der Waals surface area (Å²) in [5.41, 5.74) is -14.5. The minimum absolute atomic E-state index is 0.0125. The highest BCUT2D eigenvalue weighted by molar-refractivity contribution is 5.73. The van der Waals surface area contributed by atoms with E-state index >= 15 is 0 Å². The van der Waals surface area contributed by atoms with Crippen LogP contribution in [-0.4, -0.2) is 104 Å².